The van der Waals surface area contributed by atoms with Crippen molar-refractivity contribution in [3.8, 4) is 0 Å². The van der Waals surface area contributed by atoms with Gasteiger partial charge in [-0.3, -0.25) is 19.5 Å². The van der Waals surface area contributed by atoms with Crippen LogP contribution in [0.15, 0.2) is 24.5 Å². The van der Waals surface area contributed by atoms with E-state index in [0.717, 1.165) is 83.0 Å². The van der Waals surface area contributed by atoms with Gasteiger partial charge in [0.2, 0.25) is 5.91 Å². The number of amides is 2. The summed E-state index contributed by atoms with van der Waals surface area (Å²) in [6.07, 6.45) is 12.6. The van der Waals surface area contributed by atoms with Crippen molar-refractivity contribution in [2.45, 2.75) is 57.4 Å². The molecule has 0 atom stereocenters. The second-order valence-corrected chi connectivity index (χ2v) is 9.93. The minimum absolute atomic E-state index is 0.111. The van der Waals surface area contributed by atoms with E-state index in [4.69, 9.17) is 0 Å². The molecule has 1 spiro atoms. The first kappa shape index (κ1) is 20.0. The largest absolute Gasteiger partial charge is 0.341 e. The first-order chi connectivity index (χ1) is 14.6. The lowest BCUT2D eigenvalue weighted by Gasteiger charge is -2.52. The van der Waals surface area contributed by atoms with Crippen molar-refractivity contribution in [1.82, 2.24) is 19.7 Å². The van der Waals surface area contributed by atoms with Crippen molar-refractivity contribution in [2.75, 3.05) is 39.3 Å². The minimum atomic E-state index is 0.111. The molecule has 4 fully saturated rings. The first-order valence-corrected chi connectivity index (χ1v) is 11.9. The third-order valence-corrected chi connectivity index (χ3v) is 8.18. The molecule has 3 heterocycles. The molecule has 2 saturated heterocycles. The maximum atomic E-state index is 13.1. The van der Waals surface area contributed by atoms with Crippen LogP contribution in [0.25, 0.3) is 0 Å². The lowest BCUT2D eigenvalue weighted by molar-refractivity contribution is -0.145. The maximum Gasteiger partial charge on any atom is 0.253 e. The molecule has 0 N–H and O–H groups in total. The molecule has 2 amide bonds. The summed E-state index contributed by atoms with van der Waals surface area (Å²) >= 11 is 0. The standard InChI is InChI=1S/C24H34N4O2/c29-22(19-5-9-25-10-6-19)28-13-7-24(8-14-28)17-20(18-24)23(30)27-12-2-11-26(15-16-27)21-3-1-4-21/h5-6,9-10,20-21H,1-4,7-8,11-18H2. The summed E-state index contributed by atoms with van der Waals surface area (Å²) < 4.78 is 0. The van der Waals surface area contributed by atoms with Gasteiger partial charge in [0.05, 0.1) is 0 Å². The Bertz CT molecular complexity index is 763. The summed E-state index contributed by atoms with van der Waals surface area (Å²) in [6, 6.07) is 4.36. The average Bonchev–Trinajstić information content (AvgIpc) is 2.97. The second-order valence-electron chi connectivity index (χ2n) is 9.93. The van der Waals surface area contributed by atoms with E-state index in [2.05, 4.69) is 14.8 Å². The van der Waals surface area contributed by atoms with Crippen molar-refractivity contribution in [3.63, 3.8) is 0 Å². The molecule has 2 saturated carbocycles. The highest BCUT2D eigenvalue weighted by molar-refractivity contribution is 5.94. The fourth-order valence-corrected chi connectivity index (χ4v) is 5.96. The van der Waals surface area contributed by atoms with Crippen LogP contribution in [0.4, 0.5) is 0 Å². The fraction of sp³-hybridized carbons (Fsp3) is 0.708. The van der Waals surface area contributed by atoms with Gasteiger partial charge < -0.3 is 9.80 Å². The molecule has 1 aromatic rings. The molecule has 0 unspecified atom stereocenters. The maximum absolute atomic E-state index is 13.1. The number of aromatic nitrogens is 1. The molecule has 5 rings (SSSR count). The molecule has 4 aliphatic rings. The first-order valence-electron chi connectivity index (χ1n) is 11.9. The SMILES string of the molecule is O=C(c1ccncc1)N1CCC2(CC1)CC(C(=O)N1CCCN(C3CCC3)CC1)C2. The van der Waals surface area contributed by atoms with Crippen molar-refractivity contribution >= 4 is 11.8 Å². The summed E-state index contributed by atoms with van der Waals surface area (Å²) in [4.78, 5) is 36.5. The van der Waals surface area contributed by atoms with Gasteiger partial charge in [0.1, 0.15) is 0 Å². The normalized spacial score (nSPS) is 25.5. The number of piperidine rings is 1. The van der Waals surface area contributed by atoms with Crippen LogP contribution in [0, 0.1) is 11.3 Å². The van der Waals surface area contributed by atoms with Crippen LogP contribution in [-0.2, 0) is 4.79 Å². The van der Waals surface area contributed by atoms with Crippen LogP contribution < -0.4 is 0 Å². The number of carbonyl (C=O) groups is 2. The average molecular weight is 411 g/mol. The summed E-state index contributed by atoms with van der Waals surface area (Å²) in [5, 5.41) is 0. The van der Waals surface area contributed by atoms with E-state index in [1.54, 1.807) is 24.5 Å². The van der Waals surface area contributed by atoms with Crippen LogP contribution >= 0.6 is 0 Å². The van der Waals surface area contributed by atoms with Crippen LogP contribution in [0.3, 0.4) is 0 Å². The number of hydrogen-bond donors (Lipinski definition) is 0. The highest BCUT2D eigenvalue weighted by Crippen LogP contribution is 2.53. The Morgan fingerprint density at radius 3 is 2.27 bits per heavy atom. The van der Waals surface area contributed by atoms with E-state index in [9.17, 15) is 9.59 Å². The van der Waals surface area contributed by atoms with Crippen LogP contribution in [0.5, 0.6) is 0 Å². The van der Waals surface area contributed by atoms with Crippen molar-refractivity contribution in [1.29, 1.82) is 0 Å². The van der Waals surface area contributed by atoms with E-state index in [0.29, 0.717) is 11.3 Å². The highest BCUT2D eigenvalue weighted by atomic mass is 16.2. The van der Waals surface area contributed by atoms with E-state index in [1.165, 1.54) is 19.3 Å². The van der Waals surface area contributed by atoms with Crippen molar-refractivity contribution in [3.05, 3.63) is 30.1 Å². The van der Waals surface area contributed by atoms with Gasteiger partial charge in [-0.15, -0.1) is 0 Å². The van der Waals surface area contributed by atoms with E-state index in [-0.39, 0.29) is 11.8 Å². The lowest BCUT2D eigenvalue weighted by Crippen LogP contribution is -2.53. The van der Waals surface area contributed by atoms with Crippen LogP contribution in [0.1, 0.15) is 61.7 Å². The zero-order valence-electron chi connectivity index (χ0n) is 18.0. The molecule has 0 radical (unpaired) electrons. The molecule has 162 valence electrons. The lowest BCUT2D eigenvalue weighted by atomic mass is 9.57. The van der Waals surface area contributed by atoms with E-state index < -0.39 is 0 Å². The van der Waals surface area contributed by atoms with Gasteiger partial charge in [-0.2, -0.15) is 0 Å². The Kier molecular flexibility index (Phi) is 5.52. The number of carbonyl (C=O) groups excluding carboxylic acids is 2. The number of rotatable bonds is 3. The molecular formula is C24H34N4O2. The van der Waals surface area contributed by atoms with Gasteiger partial charge >= 0.3 is 0 Å². The smallest absolute Gasteiger partial charge is 0.253 e. The molecule has 30 heavy (non-hydrogen) atoms. The van der Waals surface area contributed by atoms with E-state index >= 15 is 0 Å². The zero-order chi connectivity index (χ0) is 20.6. The molecule has 0 aromatic carbocycles. The highest BCUT2D eigenvalue weighted by Gasteiger charge is 2.49. The van der Waals surface area contributed by atoms with Crippen molar-refractivity contribution in [2.24, 2.45) is 11.3 Å². The predicted octanol–water partition coefficient (Wildman–Crippen LogP) is 2.80. The third kappa shape index (κ3) is 3.86. The number of hydrogen-bond acceptors (Lipinski definition) is 4. The van der Waals surface area contributed by atoms with Gasteiger partial charge in [-0.1, -0.05) is 6.42 Å². The number of nitrogens with zero attached hydrogens (tertiary/aromatic N) is 4. The van der Waals surface area contributed by atoms with Gasteiger partial charge in [0.15, 0.2) is 0 Å². The van der Waals surface area contributed by atoms with Crippen LogP contribution in [-0.4, -0.2) is 76.8 Å². The fourth-order valence-electron chi connectivity index (χ4n) is 5.96. The topological polar surface area (TPSA) is 56.8 Å². The monoisotopic (exact) mass is 410 g/mol. The Morgan fingerprint density at radius 1 is 0.867 bits per heavy atom. The Morgan fingerprint density at radius 2 is 1.60 bits per heavy atom. The zero-order valence-corrected chi connectivity index (χ0v) is 18.0. The van der Waals surface area contributed by atoms with E-state index in [1.807, 2.05) is 4.90 Å². The Hall–Kier alpha value is -1.95. The summed E-state index contributed by atoms with van der Waals surface area (Å²) in [5.41, 5.74) is 1.01. The van der Waals surface area contributed by atoms with Crippen LogP contribution in [0.2, 0.25) is 0 Å². The molecule has 6 nitrogen and oxygen atoms in total. The molecule has 2 aliphatic carbocycles. The molecule has 1 aromatic heterocycles. The summed E-state index contributed by atoms with van der Waals surface area (Å²) in [7, 11) is 0. The van der Waals surface area contributed by atoms with Crippen molar-refractivity contribution < 1.29 is 9.59 Å². The molecular weight excluding hydrogens is 376 g/mol. The minimum Gasteiger partial charge on any atom is -0.341 e. The summed E-state index contributed by atoms with van der Waals surface area (Å²) in [6.45, 7) is 5.67. The Labute approximate surface area is 179 Å². The van der Waals surface area contributed by atoms with Gasteiger partial charge in [0.25, 0.3) is 5.91 Å². The van der Waals surface area contributed by atoms with Gasteiger partial charge in [0, 0.05) is 69.2 Å². The predicted molar refractivity (Wildman–Crippen MR) is 115 cm³/mol. The molecule has 0 bridgehead atoms. The number of pyridine rings is 1. The third-order valence-electron chi connectivity index (χ3n) is 8.18. The second kappa shape index (κ2) is 8.29. The van der Waals surface area contributed by atoms with Gasteiger partial charge in [-0.05, 0) is 62.5 Å². The number of likely N-dealkylation sites (tertiary alicyclic amines) is 1. The molecule has 6 heteroatoms. The molecule has 2 aliphatic heterocycles. The van der Waals surface area contributed by atoms with Gasteiger partial charge in [-0.25, -0.2) is 0 Å². The Balaban J connectivity index is 1.09. The quantitative estimate of drug-likeness (QED) is 0.769. The summed E-state index contributed by atoms with van der Waals surface area (Å²) in [5.74, 6) is 0.717.